The molecule has 6 heteroatoms. The zero-order valence-corrected chi connectivity index (χ0v) is 12.9. The van der Waals surface area contributed by atoms with Gasteiger partial charge in [-0.3, -0.25) is 0 Å². The molecule has 0 radical (unpaired) electrons. The molecular formula is C15H25N3O3. The molecule has 0 bridgehead atoms. The normalized spacial score (nSPS) is 37.0. The van der Waals surface area contributed by atoms with Crippen LogP contribution in [0.15, 0.2) is 4.52 Å². The molecule has 1 aromatic rings. The highest BCUT2D eigenvalue weighted by atomic mass is 16.5. The van der Waals surface area contributed by atoms with E-state index in [9.17, 15) is 5.11 Å². The summed E-state index contributed by atoms with van der Waals surface area (Å²) in [7, 11) is 0. The number of rotatable bonds is 4. The average Bonchev–Trinajstić information content (AvgIpc) is 3.09. The van der Waals surface area contributed by atoms with Crippen molar-refractivity contribution >= 4 is 0 Å². The van der Waals surface area contributed by atoms with Crippen LogP contribution in [0, 0.1) is 5.92 Å². The van der Waals surface area contributed by atoms with Crippen molar-refractivity contribution in [3.8, 4) is 0 Å². The standard InChI is InChI=1S/C15H25N3O3/c1-3-20-15(6-4-5-11(2)9-15)12-17-13(21-18-12)14(19)7-8-16-10-14/h11,16,19H,3-10H2,1-2H3. The fourth-order valence-electron chi connectivity index (χ4n) is 3.64. The van der Waals surface area contributed by atoms with E-state index < -0.39 is 11.2 Å². The van der Waals surface area contributed by atoms with E-state index in [1.807, 2.05) is 6.92 Å². The summed E-state index contributed by atoms with van der Waals surface area (Å²) in [5.74, 6) is 1.51. The molecule has 3 rings (SSSR count). The SMILES string of the molecule is CCOC1(c2noc(C3(O)CCNC3)n2)CCCC(C)C1. The maximum Gasteiger partial charge on any atom is 0.260 e. The zero-order valence-electron chi connectivity index (χ0n) is 12.9. The van der Waals surface area contributed by atoms with Gasteiger partial charge >= 0.3 is 0 Å². The van der Waals surface area contributed by atoms with Gasteiger partial charge in [0.2, 0.25) is 5.82 Å². The largest absolute Gasteiger partial charge is 0.379 e. The highest BCUT2D eigenvalue weighted by molar-refractivity contribution is 5.09. The van der Waals surface area contributed by atoms with E-state index in [4.69, 9.17) is 9.26 Å². The predicted octanol–water partition coefficient (Wildman–Crippen LogP) is 1.69. The minimum atomic E-state index is -1.03. The van der Waals surface area contributed by atoms with Gasteiger partial charge < -0.3 is 19.7 Å². The summed E-state index contributed by atoms with van der Waals surface area (Å²) >= 11 is 0. The Kier molecular flexibility index (Phi) is 4.03. The molecule has 2 fully saturated rings. The van der Waals surface area contributed by atoms with Crippen molar-refractivity contribution in [2.75, 3.05) is 19.7 Å². The van der Waals surface area contributed by atoms with Crippen LogP contribution in [0.25, 0.3) is 0 Å². The second kappa shape index (κ2) is 5.66. The van der Waals surface area contributed by atoms with Crippen LogP contribution in [0.5, 0.6) is 0 Å². The third kappa shape index (κ3) is 2.72. The number of ether oxygens (including phenoxy) is 1. The fraction of sp³-hybridized carbons (Fsp3) is 0.867. The Morgan fingerprint density at radius 3 is 3.00 bits per heavy atom. The number of nitrogens with zero attached hydrogens (tertiary/aromatic N) is 2. The summed E-state index contributed by atoms with van der Waals surface area (Å²) in [6.07, 6.45) is 4.76. The minimum absolute atomic E-state index is 0.319. The maximum atomic E-state index is 10.5. The van der Waals surface area contributed by atoms with Crippen LogP contribution in [0.1, 0.15) is 57.7 Å². The van der Waals surface area contributed by atoms with E-state index in [0.717, 1.165) is 25.8 Å². The van der Waals surface area contributed by atoms with Gasteiger partial charge in [-0.1, -0.05) is 18.5 Å². The van der Waals surface area contributed by atoms with E-state index in [1.54, 1.807) is 0 Å². The number of aromatic nitrogens is 2. The summed E-state index contributed by atoms with van der Waals surface area (Å²) < 4.78 is 11.4. The first-order chi connectivity index (χ1) is 10.1. The summed E-state index contributed by atoms with van der Waals surface area (Å²) in [4.78, 5) is 4.52. The van der Waals surface area contributed by atoms with Crippen LogP contribution in [-0.4, -0.2) is 34.9 Å². The summed E-state index contributed by atoms with van der Waals surface area (Å²) in [6.45, 7) is 6.09. The van der Waals surface area contributed by atoms with Gasteiger partial charge in [0, 0.05) is 13.2 Å². The highest BCUT2D eigenvalue weighted by Gasteiger charge is 2.44. The first-order valence-corrected chi connectivity index (χ1v) is 8.00. The van der Waals surface area contributed by atoms with E-state index in [2.05, 4.69) is 22.4 Å². The molecule has 2 N–H and O–H groups in total. The fourth-order valence-corrected chi connectivity index (χ4v) is 3.64. The minimum Gasteiger partial charge on any atom is -0.379 e. The van der Waals surface area contributed by atoms with Gasteiger partial charge in [-0.2, -0.15) is 4.98 Å². The molecule has 0 aromatic carbocycles. The molecule has 1 saturated carbocycles. The topological polar surface area (TPSA) is 80.4 Å². The lowest BCUT2D eigenvalue weighted by atomic mass is 9.78. The lowest BCUT2D eigenvalue weighted by Gasteiger charge is -2.37. The van der Waals surface area contributed by atoms with Crippen LogP contribution < -0.4 is 5.32 Å². The first kappa shape index (κ1) is 14.9. The molecule has 0 amide bonds. The molecule has 21 heavy (non-hydrogen) atoms. The molecule has 6 nitrogen and oxygen atoms in total. The third-order valence-electron chi connectivity index (χ3n) is 4.74. The lowest BCUT2D eigenvalue weighted by molar-refractivity contribution is -0.0891. The Morgan fingerprint density at radius 2 is 2.33 bits per heavy atom. The van der Waals surface area contributed by atoms with E-state index in [1.165, 1.54) is 6.42 Å². The molecular weight excluding hydrogens is 270 g/mol. The smallest absolute Gasteiger partial charge is 0.260 e. The van der Waals surface area contributed by atoms with Crippen molar-refractivity contribution in [2.45, 2.75) is 57.2 Å². The molecule has 3 unspecified atom stereocenters. The maximum absolute atomic E-state index is 10.5. The van der Waals surface area contributed by atoms with Crippen LogP contribution in [-0.2, 0) is 15.9 Å². The molecule has 0 spiro atoms. The van der Waals surface area contributed by atoms with Gasteiger partial charge in [0.05, 0.1) is 0 Å². The van der Waals surface area contributed by atoms with Crippen molar-refractivity contribution in [2.24, 2.45) is 5.92 Å². The van der Waals surface area contributed by atoms with Gasteiger partial charge in [0.25, 0.3) is 5.89 Å². The van der Waals surface area contributed by atoms with Crippen LogP contribution in [0.2, 0.25) is 0 Å². The zero-order chi connectivity index (χ0) is 14.9. The van der Waals surface area contributed by atoms with E-state index >= 15 is 0 Å². The molecule has 2 heterocycles. The van der Waals surface area contributed by atoms with Gasteiger partial charge in [0.1, 0.15) is 5.60 Å². The Morgan fingerprint density at radius 1 is 1.48 bits per heavy atom. The monoisotopic (exact) mass is 295 g/mol. The van der Waals surface area contributed by atoms with Crippen LogP contribution in [0.4, 0.5) is 0 Å². The second-order valence-electron chi connectivity index (χ2n) is 6.51. The van der Waals surface area contributed by atoms with Gasteiger partial charge in [-0.15, -0.1) is 0 Å². The first-order valence-electron chi connectivity index (χ1n) is 8.00. The average molecular weight is 295 g/mol. The van der Waals surface area contributed by atoms with Crippen molar-refractivity contribution in [3.05, 3.63) is 11.7 Å². The number of hydrogen-bond donors (Lipinski definition) is 2. The number of β-amino-alcohol motifs (C(OH)–C–C–N with tert-alkyl or cyclic N) is 1. The van der Waals surface area contributed by atoms with Crippen LogP contribution >= 0.6 is 0 Å². The van der Waals surface area contributed by atoms with Crippen molar-refractivity contribution in [3.63, 3.8) is 0 Å². The Balaban J connectivity index is 1.88. The quantitative estimate of drug-likeness (QED) is 0.880. The molecule has 1 aliphatic heterocycles. The van der Waals surface area contributed by atoms with Crippen molar-refractivity contribution in [1.29, 1.82) is 0 Å². The number of aliphatic hydroxyl groups is 1. The van der Waals surface area contributed by atoms with Crippen molar-refractivity contribution < 1.29 is 14.4 Å². The summed E-state index contributed by atoms with van der Waals surface area (Å²) in [6, 6.07) is 0. The Labute approximate surface area is 125 Å². The second-order valence-corrected chi connectivity index (χ2v) is 6.51. The third-order valence-corrected chi connectivity index (χ3v) is 4.74. The van der Waals surface area contributed by atoms with E-state index in [-0.39, 0.29) is 0 Å². The van der Waals surface area contributed by atoms with Crippen LogP contribution in [0.3, 0.4) is 0 Å². The van der Waals surface area contributed by atoms with Gasteiger partial charge in [-0.05, 0) is 45.1 Å². The van der Waals surface area contributed by atoms with Gasteiger partial charge in [-0.25, -0.2) is 0 Å². The number of hydrogen-bond acceptors (Lipinski definition) is 6. The Bertz CT molecular complexity index is 480. The lowest BCUT2D eigenvalue weighted by Crippen LogP contribution is -2.37. The number of nitrogens with one attached hydrogen (secondary N) is 1. The Hall–Kier alpha value is -0.980. The predicted molar refractivity (Wildman–Crippen MR) is 76.6 cm³/mol. The summed E-state index contributed by atoms with van der Waals surface area (Å²) in [5, 5.41) is 17.8. The molecule has 1 saturated heterocycles. The molecule has 1 aromatic heterocycles. The van der Waals surface area contributed by atoms with Crippen molar-refractivity contribution in [1.82, 2.24) is 15.5 Å². The molecule has 118 valence electrons. The van der Waals surface area contributed by atoms with E-state index in [0.29, 0.717) is 37.2 Å². The highest BCUT2D eigenvalue weighted by Crippen LogP contribution is 2.42. The van der Waals surface area contributed by atoms with Gasteiger partial charge in [0.15, 0.2) is 5.60 Å². The molecule has 1 aliphatic carbocycles. The summed E-state index contributed by atoms with van der Waals surface area (Å²) in [5.41, 5.74) is -1.48. The molecule has 3 atom stereocenters. The molecule has 2 aliphatic rings.